The van der Waals surface area contributed by atoms with E-state index < -0.39 is 27.2 Å². The summed E-state index contributed by atoms with van der Waals surface area (Å²) in [6.45, 7) is 0. The van der Waals surface area contributed by atoms with Crippen LogP contribution in [0.5, 0.6) is 0 Å². The molecule has 0 fully saturated rings. The number of hydrogen-bond donors (Lipinski definition) is 1. The zero-order chi connectivity index (χ0) is 10.8. The smallest absolute Gasteiger partial charge is 0.336 e. The molecule has 3 nitrogen and oxygen atoms in total. The van der Waals surface area contributed by atoms with Crippen LogP contribution >= 0.6 is 21.2 Å². The fraction of sp³-hybridized carbons (Fsp3) is 0. The Morgan fingerprint density at radius 2 is 1.73 bits per heavy atom. The molecule has 1 N–H and O–H groups in total. The van der Waals surface area contributed by atoms with Gasteiger partial charge in [-0.05, 0) is 22.9 Å². The molecular formula is C11H7IO3. The zero-order valence-corrected chi connectivity index (χ0v) is 9.76. The van der Waals surface area contributed by atoms with Crippen LogP contribution < -0.4 is 0 Å². The maximum absolute atomic E-state index is 10.9. The van der Waals surface area contributed by atoms with Gasteiger partial charge in [0.25, 0.3) is 0 Å². The van der Waals surface area contributed by atoms with Gasteiger partial charge < -0.3 is 5.11 Å². The molecule has 0 bridgehead atoms. The van der Waals surface area contributed by atoms with Crippen LogP contribution in [0.15, 0.2) is 36.4 Å². The number of hydrogen-bond acceptors (Lipinski definition) is 2. The Bertz CT molecular complexity index is 549. The van der Waals surface area contributed by atoms with Crippen LogP contribution in [-0.4, -0.2) is 11.1 Å². The number of carbonyl (C=O) groups is 1. The number of aromatic carboxylic acids is 1. The van der Waals surface area contributed by atoms with Crippen LogP contribution in [0.1, 0.15) is 10.4 Å². The molecule has 0 atom stereocenters. The SMILES string of the molecule is O=Ic1cc2ccccc2cc1C(=O)O. The van der Waals surface area contributed by atoms with Crippen molar-refractivity contribution >= 4 is 37.9 Å². The average molecular weight is 314 g/mol. The number of carboxylic acids is 1. The Morgan fingerprint density at radius 3 is 2.27 bits per heavy atom. The van der Waals surface area contributed by atoms with Crippen molar-refractivity contribution in [2.75, 3.05) is 0 Å². The van der Waals surface area contributed by atoms with Gasteiger partial charge in [-0.25, -0.2) is 4.79 Å². The monoisotopic (exact) mass is 314 g/mol. The summed E-state index contributed by atoms with van der Waals surface area (Å²) in [5.74, 6) is -1.02. The van der Waals surface area contributed by atoms with E-state index in [0.717, 1.165) is 10.8 Å². The second-order valence-corrected chi connectivity index (χ2v) is 4.66. The number of rotatable bonds is 2. The Balaban J connectivity index is 2.80. The molecule has 0 aliphatic rings. The van der Waals surface area contributed by atoms with Gasteiger partial charge in [-0.3, -0.25) is 3.07 Å². The van der Waals surface area contributed by atoms with E-state index in [1.807, 2.05) is 24.3 Å². The van der Waals surface area contributed by atoms with E-state index >= 15 is 0 Å². The molecule has 0 saturated heterocycles. The minimum atomic E-state index is -1.45. The van der Waals surface area contributed by atoms with Gasteiger partial charge in [0, 0.05) is 0 Å². The van der Waals surface area contributed by atoms with E-state index in [1.54, 1.807) is 12.1 Å². The highest BCUT2D eigenvalue weighted by Gasteiger charge is 2.11. The number of fused-ring (bicyclic) bond motifs is 1. The third-order valence-electron chi connectivity index (χ3n) is 2.15. The van der Waals surface area contributed by atoms with Crippen molar-refractivity contribution in [2.45, 2.75) is 0 Å². The molecule has 0 amide bonds. The maximum Gasteiger partial charge on any atom is 0.336 e. The lowest BCUT2D eigenvalue weighted by molar-refractivity contribution is 0.0696. The summed E-state index contributed by atoms with van der Waals surface area (Å²) in [5, 5.41) is 10.7. The van der Waals surface area contributed by atoms with Gasteiger partial charge in [0.05, 0.1) is 9.13 Å². The highest BCUT2D eigenvalue weighted by atomic mass is 127. The molecule has 0 radical (unpaired) electrons. The molecule has 0 aromatic heterocycles. The van der Waals surface area contributed by atoms with Crippen molar-refractivity contribution < 1.29 is 13.0 Å². The van der Waals surface area contributed by atoms with Crippen LogP contribution in [0.3, 0.4) is 0 Å². The van der Waals surface area contributed by atoms with Gasteiger partial charge in [0.15, 0.2) is 21.2 Å². The predicted molar refractivity (Wildman–Crippen MR) is 64.3 cm³/mol. The van der Waals surface area contributed by atoms with Gasteiger partial charge in [-0.15, -0.1) is 0 Å². The van der Waals surface area contributed by atoms with Crippen molar-refractivity contribution in [3.8, 4) is 0 Å². The van der Waals surface area contributed by atoms with Crippen molar-refractivity contribution in [1.29, 1.82) is 0 Å². The summed E-state index contributed by atoms with van der Waals surface area (Å²) in [6, 6.07) is 10.7. The molecule has 0 spiro atoms. The molecule has 2 aromatic rings. The molecule has 0 saturated carbocycles. The summed E-state index contributed by atoms with van der Waals surface area (Å²) >= 11 is -1.45. The molecule has 0 aliphatic carbocycles. The highest BCUT2D eigenvalue weighted by Crippen LogP contribution is 2.23. The first kappa shape index (κ1) is 10.2. The minimum absolute atomic E-state index is 0.150. The van der Waals surface area contributed by atoms with Crippen LogP contribution in [0.25, 0.3) is 10.8 Å². The van der Waals surface area contributed by atoms with E-state index in [4.69, 9.17) is 5.11 Å². The molecular weight excluding hydrogens is 307 g/mol. The van der Waals surface area contributed by atoms with Gasteiger partial charge >= 0.3 is 5.97 Å². The first-order valence-electron chi connectivity index (χ1n) is 4.25. The summed E-state index contributed by atoms with van der Waals surface area (Å²) in [6.07, 6.45) is 0. The normalized spacial score (nSPS) is 10.4. The summed E-state index contributed by atoms with van der Waals surface area (Å²) in [4.78, 5) is 10.9. The van der Waals surface area contributed by atoms with Crippen molar-refractivity contribution in [2.24, 2.45) is 0 Å². The largest absolute Gasteiger partial charge is 0.478 e. The lowest BCUT2D eigenvalue weighted by atomic mass is 10.1. The van der Waals surface area contributed by atoms with Crippen LogP contribution in [0, 0.1) is 3.57 Å². The fourth-order valence-electron chi connectivity index (χ4n) is 1.44. The summed E-state index contributed by atoms with van der Waals surface area (Å²) in [7, 11) is 0. The topological polar surface area (TPSA) is 54.4 Å². The second kappa shape index (κ2) is 4.06. The van der Waals surface area contributed by atoms with E-state index in [0.29, 0.717) is 3.57 Å². The van der Waals surface area contributed by atoms with Gasteiger partial charge in [-0.1, -0.05) is 24.3 Å². The fourth-order valence-corrected chi connectivity index (χ4v) is 2.53. The van der Waals surface area contributed by atoms with Crippen LogP contribution in [0.2, 0.25) is 0 Å². The molecule has 15 heavy (non-hydrogen) atoms. The Morgan fingerprint density at radius 1 is 1.13 bits per heavy atom. The van der Waals surface area contributed by atoms with Crippen LogP contribution in [-0.2, 0) is 3.07 Å². The molecule has 0 heterocycles. The quantitative estimate of drug-likeness (QED) is 0.867. The molecule has 4 heteroatoms. The van der Waals surface area contributed by atoms with Crippen molar-refractivity contribution in [3.63, 3.8) is 0 Å². The van der Waals surface area contributed by atoms with Crippen LogP contribution in [0.4, 0.5) is 0 Å². The van der Waals surface area contributed by atoms with E-state index in [9.17, 15) is 7.86 Å². The van der Waals surface area contributed by atoms with E-state index in [2.05, 4.69) is 0 Å². The second-order valence-electron chi connectivity index (χ2n) is 3.06. The molecule has 0 unspecified atom stereocenters. The van der Waals surface area contributed by atoms with E-state index in [-0.39, 0.29) is 5.56 Å². The van der Waals surface area contributed by atoms with Gasteiger partial charge in [0.2, 0.25) is 0 Å². The first-order valence-corrected chi connectivity index (χ1v) is 6.21. The van der Waals surface area contributed by atoms with Crippen molar-refractivity contribution in [3.05, 3.63) is 45.5 Å². The Hall–Kier alpha value is -1.30. The first-order chi connectivity index (χ1) is 7.22. The third kappa shape index (κ3) is 1.90. The summed E-state index contributed by atoms with van der Waals surface area (Å²) < 4.78 is 11.4. The minimum Gasteiger partial charge on any atom is -0.478 e. The Labute approximate surface area is 96.4 Å². The molecule has 76 valence electrons. The highest BCUT2D eigenvalue weighted by molar-refractivity contribution is 14.1. The predicted octanol–water partition coefficient (Wildman–Crippen LogP) is 3.02. The third-order valence-corrected chi connectivity index (χ3v) is 3.52. The summed E-state index contributed by atoms with van der Waals surface area (Å²) in [5.41, 5.74) is 0.150. The molecule has 0 aliphatic heterocycles. The Kier molecular flexibility index (Phi) is 2.77. The van der Waals surface area contributed by atoms with Gasteiger partial charge in [-0.2, -0.15) is 0 Å². The lowest BCUT2D eigenvalue weighted by Crippen LogP contribution is -1.99. The number of benzene rings is 2. The standard InChI is InChI=1S/C11H7IO3/c13-11(14)9-5-7-3-1-2-4-8(7)6-10(9)12-15/h1-6H,(H,13,14). The average Bonchev–Trinajstić information content (AvgIpc) is 2.27. The molecule has 2 aromatic carbocycles. The lowest BCUT2D eigenvalue weighted by Gasteiger charge is -2.01. The molecule has 2 rings (SSSR count). The van der Waals surface area contributed by atoms with E-state index in [1.165, 1.54) is 0 Å². The maximum atomic E-state index is 10.9. The number of carboxylic acid groups (broad SMARTS) is 1. The van der Waals surface area contributed by atoms with Crippen molar-refractivity contribution in [1.82, 2.24) is 0 Å². The number of halogens is 1. The van der Waals surface area contributed by atoms with Gasteiger partial charge in [0.1, 0.15) is 0 Å². The zero-order valence-electron chi connectivity index (χ0n) is 7.61.